The van der Waals surface area contributed by atoms with Gasteiger partial charge in [-0.15, -0.1) is 0 Å². The normalized spacial score (nSPS) is 10.4. The van der Waals surface area contributed by atoms with Gasteiger partial charge in [0.05, 0.1) is 0 Å². The number of aliphatic carboxylic acids is 1. The molecule has 0 aliphatic rings. The molecule has 0 unspecified atom stereocenters. The predicted octanol–water partition coefficient (Wildman–Crippen LogP) is 2.60. The highest BCUT2D eigenvalue weighted by Crippen LogP contribution is 2.16. The molecule has 3 nitrogen and oxygen atoms in total. The van der Waals surface area contributed by atoms with Crippen molar-refractivity contribution in [1.82, 2.24) is 5.32 Å². The zero-order chi connectivity index (χ0) is 12.0. The van der Waals surface area contributed by atoms with Crippen molar-refractivity contribution in [3.63, 3.8) is 0 Å². The van der Waals surface area contributed by atoms with Crippen LogP contribution in [-0.4, -0.2) is 17.6 Å². The highest BCUT2D eigenvalue weighted by atomic mass is 35.5. The van der Waals surface area contributed by atoms with Crippen molar-refractivity contribution >= 4 is 17.6 Å². The molecule has 0 aliphatic carbocycles. The number of carbonyl (C=O) groups is 1. The van der Waals surface area contributed by atoms with Crippen LogP contribution in [0.25, 0.3) is 0 Å². The summed E-state index contributed by atoms with van der Waals surface area (Å²) < 4.78 is 0. The summed E-state index contributed by atoms with van der Waals surface area (Å²) in [6.45, 7) is 3.39. The molecule has 88 valence electrons. The molecule has 0 radical (unpaired) electrons. The summed E-state index contributed by atoms with van der Waals surface area (Å²) in [4.78, 5) is 10.3. The summed E-state index contributed by atoms with van der Waals surface area (Å²) in [5.41, 5.74) is 2.18. The molecule has 0 aromatic heterocycles. The van der Waals surface area contributed by atoms with Gasteiger partial charge < -0.3 is 10.4 Å². The zero-order valence-corrected chi connectivity index (χ0v) is 10.0. The van der Waals surface area contributed by atoms with E-state index in [1.54, 1.807) is 0 Å². The van der Waals surface area contributed by atoms with Gasteiger partial charge in [-0.05, 0) is 37.1 Å². The van der Waals surface area contributed by atoms with Crippen molar-refractivity contribution in [2.24, 2.45) is 0 Å². The molecule has 0 saturated heterocycles. The third-order valence-corrected chi connectivity index (χ3v) is 2.72. The Morgan fingerprint density at radius 2 is 2.25 bits per heavy atom. The van der Waals surface area contributed by atoms with Crippen molar-refractivity contribution in [1.29, 1.82) is 0 Å². The van der Waals surface area contributed by atoms with Crippen molar-refractivity contribution in [3.05, 3.63) is 34.3 Å². The molecule has 1 aromatic rings. The van der Waals surface area contributed by atoms with Gasteiger partial charge in [-0.25, -0.2) is 0 Å². The molecule has 4 heteroatoms. The van der Waals surface area contributed by atoms with Crippen LogP contribution in [0.5, 0.6) is 0 Å². The van der Waals surface area contributed by atoms with Gasteiger partial charge in [-0.1, -0.05) is 23.7 Å². The lowest BCUT2D eigenvalue weighted by Gasteiger charge is -2.05. The summed E-state index contributed by atoms with van der Waals surface area (Å²) >= 11 is 5.99. The van der Waals surface area contributed by atoms with E-state index in [0.29, 0.717) is 13.0 Å². The van der Waals surface area contributed by atoms with Gasteiger partial charge in [0.15, 0.2) is 0 Å². The van der Waals surface area contributed by atoms with Crippen LogP contribution in [0.2, 0.25) is 5.02 Å². The number of carboxylic acids is 1. The van der Waals surface area contributed by atoms with E-state index >= 15 is 0 Å². The van der Waals surface area contributed by atoms with Crippen molar-refractivity contribution in [3.8, 4) is 0 Å². The van der Waals surface area contributed by atoms with Crippen LogP contribution in [0.1, 0.15) is 24.0 Å². The first-order valence-corrected chi connectivity index (χ1v) is 5.65. The second-order valence-corrected chi connectivity index (χ2v) is 4.16. The Balaban J connectivity index is 2.27. The van der Waals surface area contributed by atoms with E-state index in [9.17, 15) is 4.79 Å². The summed E-state index contributed by atoms with van der Waals surface area (Å²) in [6.07, 6.45) is 0.858. The molecule has 0 atom stereocenters. The fourth-order valence-corrected chi connectivity index (χ4v) is 1.55. The number of hydrogen-bond donors (Lipinski definition) is 2. The monoisotopic (exact) mass is 241 g/mol. The second-order valence-electron chi connectivity index (χ2n) is 3.76. The molecule has 0 fully saturated rings. The Labute approximate surface area is 100 Å². The molecule has 0 saturated carbocycles. The van der Waals surface area contributed by atoms with Gasteiger partial charge in [0.1, 0.15) is 0 Å². The number of rotatable bonds is 6. The number of halogens is 1. The van der Waals surface area contributed by atoms with Crippen LogP contribution in [-0.2, 0) is 11.3 Å². The average molecular weight is 242 g/mol. The van der Waals surface area contributed by atoms with Crippen LogP contribution in [0.15, 0.2) is 18.2 Å². The topological polar surface area (TPSA) is 49.3 Å². The average Bonchev–Trinajstić information content (AvgIpc) is 2.22. The number of aryl methyl sites for hydroxylation is 1. The van der Waals surface area contributed by atoms with Crippen LogP contribution in [0.3, 0.4) is 0 Å². The van der Waals surface area contributed by atoms with Crippen LogP contribution in [0, 0.1) is 6.92 Å². The van der Waals surface area contributed by atoms with Crippen LogP contribution in [0.4, 0.5) is 0 Å². The Kier molecular flexibility index (Phi) is 5.29. The lowest BCUT2D eigenvalue weighted by atomic mass is 10.1. The van der Waals surface area contributed by atoms with Crippen LogP contribution >= 0.6 is 11.6 Å². The fourth-order valence-electron chi connectivity index (χ4n) is 1.34. The third kappa shape index (κ3) is 4.64. The number of hydrogen-bond acceptors (Lipinski definition) is 2. The van der Waals surface area contributed by atoms with Gasteiger partial charge in [0, 0.05) is 18.0 Å². The van der Waals surface area contributed by atoms with Crippen LogP contribution < -0.4 is 5.32 Å². The molecular formula is C12H16ClNO2. The quantitative estimate of drug-likeness (QED) is 0.753. The standard InChI is InChI=1S/C12H16ClNO2/c1-9-4-5-10(7-11(9)13)8-14-6-2-3-12(15)16/h4-5,7,14H,2-3,6,8H2,1H3,(H,15,16). The minimum Gasteiger partial charge on any atom is -0.481 e. The van der Waals surface area contributed by atoms with E-state index in [2.05, 4.69) is 5.32 Å². The number of benzene rings is 1. The van der Waals surface area contributed by atoms with E-state index in [4.69, 9.17) is 16.7 Å². The molecule has 0 bridgehead atoms. The molecule has 0 heterocycles. The van der Waals surface area contributed by atoms with Crippen molar-refractivity contribution in [2.45, 2.75) is 26.3 Å². The minimum atomic E-state index is -0.750. The minimum absolute atomic E-state index is 0.210. The van der Waals surface area contributed by atoms with Gasteiger partial charge >= 0.3 is 5.97 Å². The Hall–Kier alpha value is -1.06. The maximum Gasteiger partial charge on any atom is 0.303 e. The molecule has 2 N–H and O–H groups in total. The molecule has 1 rings (SSSR count). The number of nitrogens with one attached hydrogen (secondary N) is 1. The van der Waals surface area contributed by atoms with E-state index < -0.39 is 5.97 Å². The Bertz CT molecular complexity index is 366. The smallest absolute Gasteiger partial charge is 0.303 e. The maximum atomic E-state index is 10.3. The van der Waals surface area contributed by atoms with E-state index in [0.717, 1.165) is 22.7 Å². The molecule has 0 amide bonds. The van der Waals surface area contributed by atoms with E-state index in [1.165, 1.54) is 0 Å². The second kappa shape index (κ2) is 6.51. The molecule has 0 spiro atoms. The van der Waals surface area contributed by atoms with Crippen molar-refractivity contribution < 1.29 is 9.90 Å². The molecule has 0 aliphatic heterocycles. The third-order valence-electron chi connectivity index (χ3n) is 2.31. The predicted molar refractivity (Wildman–Crippen MR) is 64.8 cm³/mol. The fraction of sp³-hybridized carbons (Fsp3) is 0.417. The first kappa shape index (κ1) is 13.0. The lowest BCUT2D eigenvalue weighted by molar-refractivity contribution is -0.137. The summed E-state index contributed by atoms with van der Waals surface area (Å²) in [5.74, 6) is -0.750. The Morgan fingerprint density at radius 3 is 2.88 bits per heavy atom. The molecule has 16 heavy (non-hydrogen) atoms. The maximum absolute atomic E-state index is 10.3. The Morgan fingerprint density at radius 1 is 1.50 bits per heavy atom. The van der Waals surface area contributed by atoms with Gasteiger partial charge in [-0.2, -0.15) is 0 Å². The number of carboxylic acid groups (broad SMARTS) is 1. The SMILES string of the molecule is Cc1ccc(CNCCCC(=O)O)cc1Cl. The van der Waals surface area contributed by atoms with E-state index in [1.807, 2.05) is 25.1 Å². The largest absolute Gasteiger partial charge is 0.481 e. The first-order valence-electron chi connectivity index (χ1n) is 5.27. The van der Waals surface area contributed by atoms with Crippen molar-refractivity contribution in [2.75, 3.05) is 6.54 Å². The molecule has 1 aromatic carbocycles. The zero-order valence-electron chi connectivity index (χ0n) is 9.29. The highest BCUT2D eigenvalue weighted by molar-refractivity contribution is 6.31. The molecular weight excluding hydrogens is 226 g/mol. The summed E-state index contributed by atoms with van der Waals surface area (Å²) in [5, 5.41) is 12.4. The van der Waals surface area contributed by atoms with E-state index in [-0.39, 0.29) is 6.42 Å². The summed E-state index contributed by atoms with van der Waals surface area (Å²) in [7, 11) is 0. The van der Waals surface area contributed by atoms with Gasteiger partial charge in [-0.3, -0.25) is 4.79 Å². The lowest BCUT2D eigenvalue weighted by Crippen LogP contribution is -2.15. The summed E-state index contributed by atoms with van der Waals surface area (Å²) in [6, 6.07) is 5.93. The van der Waals surface area contributed by atoms with Gasteiger partial charge in [0.25, 0.3) is 0 Å². The highest BCUT2D eigenvalue weighted by Gasteiger charge is 1.99. The van der Waals surface area contributed by atoms with Gasteiger partial charge in [0.2, 0.25) is 0 Å². The first-order chi connectivity index (χ1) is 7.59.